The zero-order valence-corrected chi connectivity index (χ0v) is 9.62. The second kappa shape index (κ2) is 5.54. The van der Waals surface area contributed by atoms with Gasteiger partial charge in [-0.3, -0.25) is 4.79 Å². The molecule has 82 valence electrons. The fraction of sp³-hybridized carbons (Fsp3) is 0.462. The third-order valence-corrected chi connectivity index (χ3v) is 2.56. The van der Waals surface area contributed by atoms with Gasteiger partial charge in [0.25, 0.3) is 0 Å². The van der Waals surface area contributed by atoms with Crippen LogP contribution >= 0.6 is 0 Å². The minimum atomic E-state index is 0.0930. The smallest absolute Gasteiger partial charge is 0.172 e. The largest absolute Gasteiger partial charge is 0.486 e. The molecule has 0 spiro atoms. The summed E-state index contributed by atoms with van der Waals surface area (Å²) in [5, 5.41) is 0. The van der Waals surface area contributed by atoms with Gasteiger partial charge in [-0.25, -0.2) is 0 Å². The van der Waals surface area contributed by atoms with Crippen molar-refractivity contribution >= 4 is 5.78 Å². The Hall–Kier alpha value is -1.31. The van der Waals surface area contributed by atoms with Gasteiger partial charge in [0.2, 0.25) is 0 Å². The highest BCUT2D eigenvalue weighted by Crippen LogP contribution is 2.12. The van der Waals surface area contributed by atoms with E-state index in [2.05, 4.69) is 0 Å². The zero-order chi connectivity index (χ0) is 11.3. The molecule has 0 saturated heterocycles. The van der Waals surface area contributed by atoms with Crippen LogP contribution in [0.5, 0.6) is 5.75 Å². The average molecular weight is 206 g/mol. The lowest BCUT2D eigenvalue weighted by molar-refractivity contribution is -0.124. The number of ketones is 1. The van der Waals surface area contributed by atoms with E-state index in [1.807, 2.05) is 45.0 Å². The number of ether oxygens (including phenoxy) is 1. The lowest BCUT2D eigenvalue weighted by Gasteiger charge is -2.09. The number of hydrogen-bond donors (Lipinski definition) is 0. The van der Waals surface area contributed by atoms with Crippen molar-refractivity contribution in [3.63, 3.8) is 0 Å². The highest BCUT2D eigenvalue weighted by molar-refractivity contribution is 5.82. The molecule has 0 amide bonds. The molecule has 0 aromatic heterocycles. The first-order valence-electron chi connectivity index (χ1n) is 5.35. The standard InChI is InChI=1S/C13H18O2/c1-4-11(3)13(14)9-15-12-7-5-10(2)6-8-12/h5-8,11H,4,9H2,1-3H3. The van der Waals surface area contributed by atoms with Crippen LogP contribution in [0.1, 0.15) is 25.8 Å². The maximum atomic E-state index is 11.5. The lowest BCUT2D eigenvalue weighted by atomic mass is 10.0. The number of Topliss-reactive ketones (excluding diaryl/α,β-unsaturated/α-hetero) is 1. The lowest BCUT2D eigenvalue weighted by Crippen LogP contribution is -2.18. The second-order valence-electron chi connectivity index (χ2n) is 3.88. The number of carbonyl (C=O) groups is 1. The van der Waals surface area contributed by atoms with Gasteiger partial charge in [-0.15, -0.1) is 0 Å². The van der Waals surface area contributed by atoms with E-state index >= 15 is 0 Å². The number of benzene rings is 1. The highest BCUT2D eigenvalue weighted by atomic mass is 16.5. The molecule has 0 radical (unpaired) electrons. The minimum Gasteiger partial charge on any atom is -0.486 e. The number of rotatable bonds is 5. The van der Waals surface area contributed by atoms with Crippen LogP contribution in [-0.4, -0.2) is 12.4 Å². The fourth-order valence-electron chi connectivity index (χ4n) is 1.16. The zero-order valence-electron chi connectivity index (χ0n) is 9.62. The fourth-order valence-corrected chi connectivity index (χ4v) is 1.16. The van der Waals surface area contributed by atoms with Crippen molar-refractivity contribution in [3.05, 3.63) is 29.8 Å². The maximum absolute atomic E-state index is 11.5. The molecule has 0 aliphatic carbocycles. The van der Waals surface area contributed by atoms with Gasteiger partial charge in [-0.2, -0.15) is 0 Å². The number of hydrogen-bond acceptors (Lipinski definition) is 2. The van der Waals surface area contributed by atoms with E-state index < -0.39 is 0 Å². The summed E-state index contributed by atoms with van der Waals surface area (Å²) in [5.41, 5.74) is 1.19. The Labute approximate surface area is 91.3 Å². The van der Waals surface area contributed by atoms with Crippen LogP contribution in [0.2, 0.25) is 0 Å². The van der Waals surface area contributed by atoms with Gasteiger partial charge in [0.1, 0.15) is 12.4 Å². The molecule has 0 N–H and O–H groups in total. The Morgan fingerprint density at radius 1 is 1.33 bits per heavy atom. The third-order valence-electron chi connectivity index (χ3n) is 2.56. The van der Waals surface area contributed by atoms with Crippen LogP contribution < -0.4 is 4.74 Å². The van der Waals surface area contributed by atoms with Gasteiger partial charge in [0.05, 0.1) is 0 Å². The maximum Gasteiger partial charge on any atom is 0.172 e. The van der Waals surface area contributed by atoms with E-state index in [9.17, 15) is 4.79 Å². The Balaban J connectivity index is 2.43. The van der Waals surface area contributed by atoms with Crippen molar-refractivity contribution in [2.75, 3.05) is 6.61 Å². The summed E-state index contributed by atoms with van der Waals surface area (Å²) in [4.78, 5) is 11.5. The molecule has 15 heavy (non-hydrogen) atoms. The van der Waals surface area contributed by atoms with E-state index in [4.69, 9.17) is 4.74 Å². The molecule has 1 aromatic carbocycles. The summed E-state index contributed by atoms with van der Waals surface area (Å²) in [6.45, 7) is 6.14. The van der Waals surface area contributed by atoms with Crippen molar-refractivity contribution in [2.24, 2.45) is 5.92 Å². The normalized spacial score (nSPS) is 12.2. The van der Waals surface area contributed by atoms with Crippen LogP contribution in [0.4, 0.5) is 0 Å². The summed E-state index contributed by atoms with van der Waals surface area (Å²) < 4.78 is 5.40. The van der Waals surface area contributed by atoms with Gasteiger partial charge in [-0.1, -0.05) is 31.5 Å². The second-order valence-corrected chi connectivity index (χ2v) is 3.88. The van der Waals surface area contributed by atoms with E-state index in [1.54, 1.807) is 0 Å². The van der Waals surface area contributed by atoms with E-state index in [1.165, 1.54) is 5.56 Å². The Morgan fingerprint density at radius 3 is 2.47 bits per heavy atom. The minimum absolute atomic E-state index is 0.0930. The van der Waals surface area contributed by atoms with Gasteiger partial charge in [0.15, 0.2) is 5.78 Å². The average Bonchev–Trinajstić information content (AvgIpc) is 2.26. The van der Waals surface area contributed by atoms with Crippen LogP contribution in [-0.2, 0) is 4.79 Å². The van der Waals surface area contributed by atoms with Crippen molar-refractivity contribution < 1.29 is 9.53 Å². The van der Waals surface area contributed by atoms with Crippen molar-refractivity contribution in [3.8, 4) is 5.75 Å². The summed E-state index contributed by atoms with van der Waals surface area (Å²) in [6.07, 6.45) is 0.871. The molecule has 1 unspecified atom stereocenters. The molecular weight excluding hydrogens is 188 g/mol. The first-order valence-corrected chi connectivity index (χ1v) is 5.35. The molecule has 1 aromatic rings. The topological polar surface area (TPSA) is 26.3 Å². The van der Waals surface area contributed by atoms with Crippen LogP contribution in [0.3, 0.4) is 0 Å². The van der Waals surface area contributed by atoms with Crippen LogP contribution in [0, 0.1) is 12.8 Å². The predicted octanol–water partition coefficient (Wildman–Crippen LogP) is 2.99. The first-order chi connectivity index (χ1) is 7.13. The molecule has 0 aliphatic heterocycles. The van der Waals surface area contributed by atoms with Crippen molar-refractivity contribution in [1.29, 1.82) is 0 Å². The van der Waals surface area contributed by atoms with Gasteiger partial charge < -0.3 is 4.74 Å². The molecule has 0 heterocycles. The van der Waals surface area contributed by atoms with Crippen molar-refractivity contribution in [2.45, 2.75) is 27.2 Å². The Kier molecular flexibility index (Phi) is 4.35. The molecule has 1 rings (SSSR count). The SMILES string of the molecule is CCC(C)C(=O)COc1ccc(C)cc1. The van der Waals surface area contributed by atoms with E-state index in [-0.39, 0.29) is 18.3 Å². The van der Waals surface area contributed by atoms with Crippen LogP contribution in [0.15, 0.2) is 24.3 Å². The van der Waals surface area contributed by atoms with E-state index in [0.29, 0.717) is 0 Å². The molecule has 2 nitrogen and oxygen atoms in total. The first kappa shape index (κ1) is 11.8. The third kappa shape index (κ3) is 3.74. The molecule has 0 aliphatic rings. The summed E-state index contributed by atoms with van der Waals surface area (Å²) in [6, 6.07) is 7.73. The van der Waals surface area contributed by atoms with Crippen molar-refractivity contribution in [1.82, 2.24) is 0 Å². The van der Waals surface area contributed by atoms with Gasteiger partial charge >= 0.3 is 0 Å². The highest BCUT2D eigenvalue weighted by Gasteiger charge is 2.10. The molecule has 2 heteroatoms. The Bertz CT molecular complexity index is 314. The summed E-state index contributed by atoms with van der Waals surface area (Å²) >= 11 is 0. The monoisotopic (exact) mass is 206 g/mol. The van der Waals surface area contributed by atoms with Crippen LogP contribution in [0.25, 0.3) is 0 Å². The predicted molar refractivity (Wildman–Crippen MR) is 61.1 cm³/mol. The molecular formula is C13H18O2. The summed E-state index contributed by atoms with van der Waals surface area (Å²) in [5.74, 6) is 1.02. The number of aryl methyl sites for hydroxylation is 1. The molecule has 0 fully saturated rings. The number of carbonyl (C=O) groups excluding carboxylic acids is 1. The van der Waals surface area contributed by atoms with E-state index in [0.717, 1.165) is 12.2 Å². The Morgan fingerprint density at radius 2 is 1.93 bits per heavy atom. The van der Waals surface area contributed by atoms with Gasteiger partial charge in [0, 0.05) is 5.92 Å². The summed E-state index contributed by atoms with van der Waals surface area (Å²) in [7, 11) is 0. The van der Waals surface area contributed by atoms with Gasteiger partial charge in [-0.05, 0) is 25.5 Å². The molecule has 0 bridgehead atoms. The quantitative estimate of drug-likeness (QED) is 0.740. The molecule has 1 atom stereocenters. The molecule has 0 saturated carbocycles.